The lowest BCUT2D eigenvalue weighted by Gasteiger charge is -2.18. The molecule has 0 saturated heterocycles. The predicted molar refractivity (Wildman–Crippen MR) is 76.4 cm³/mol. The van der Waals surface area contributed by atoms with Gasteiger partial charge >= 0.3 is 6.03 Å². The molecule has 0 unspecified atom stereocenters. The van der Waals surface area contributed by atoms with E-state index in [4.69, 9.17) is 28.9 Å². The van der Waals surface area contributed by atoms with Gasteiger partial charge in [0.25, 0.3) is 0 Å². The van der Waals surface area contributed by atoms with Crippen molar-refractivity contribution in [2.45, 2.75) is 26.2 Å². The molecule has 0 fully saturated rings. The number of halogens is 2. The highest BCUT2D eigenvalue weighted by molar-refractivity contribution is 6.42. The van der Waals surface area contributed by atoms with E-state index in [1.165, 1.54) is 0 Å². The fourth-order valence-corrected chi connectivity index (χ4v) is 2.11. The predicted octanol–water partition coefficient (Wildman–Crippen LogP) is 3.32. The van der Waals surface area contributed by atoms with E-state index in [-0.39, 0.29) is 5.92 Å². The topological polar surface area (TPSA) is 72.2 Å². The van der Waals surface area contributed by atoms with Crippen molar-refractivity contribution in [1.82, 2.24) is 5.32 Å². The van der Waals surface area contributed by atoms with E-state index in [1.807, 2.05) is 13.8 Å². The first-order valence-electron chi connectivity index (χ1n) is 5.86. The second-order valence-electron chi connectivity index (χ2n) is 4.71. The van der Waals surface area contributed by atoms with Crippen molar-refractivity contribution in [2.24, 2.45) is 11.7 Å². The minimum absolute atomic E-state index is 0.276. The SMILES string of the molecule is CC(C)C[C@@H](C(=O)NC(N)=O)c1ccc(Cl)c(Cl)c1. The van der Waals surface area contributed by atoms with Crippen molar-refractivity contribution in [2.75, 3.05) is 0 Å². The fourth-order valence-electron chi connectivity index (χ4n) is 1.80. The zero-order valence-electron chi connectivity index (χ0n) is 10.7. The van der Waals surface area contributed by atoms with E-state index < -0.39 is 17.9 Å². The Hall–Kier alpha value is -1.26. The summed E-state index contributed by atoms with van der Waals surface area (Å²) in [5.74, 6) is -0.639. The number of primary amides is 1. The molecule has 0 aliphatic carbocycles. The van der Waals surface area contributed by atoms with Gasteiger partial charge in [0.05, 0.1) is 16.0 Å². The molecule has 0 spiro atoms. The Morgan fingerprint density at radius 3 is 2.37 bits per heavy atom. The van der Waals surface area contributed by atoms with Crippen molar-refractivity contribution >= 4 is 35.1 Å². The van der Waals surface area contributed by atoms with Crippen LogP contribution in [0.3, 0.4) is 0 Å². The number of carbonyl (C=O) groups is 2. The van der Waals surface area contributed by atoms with E-state index in [0.29, 0.717) is 22.0 Å². The van der Waals surface area contributed by atoms with E-state index in [9.17, 15) is 9.59 Å². The lowest BCUT2D eigenvalue weighted by atomic mass is 9.89. The molecular weight excluding hydrogens is 287 g/mol. The van der Waals surface area contributed by atoms with E-state index in [0.717, 1.165) is 0 Å². The Balaban J connectivity index is 3.04. The number of benzene rings is 1. The van der Waals surface area contributed by atoms with Crippen LogP contribution in [-0.2, 0) is 4.79 Å². The molecule has 104 valence electrons. The molecule has 1 atom stereocenters. The van der Waals surface area contributed by atoms with E-state index >= 15 is 0 Å². The number of imide groups is 1. The number of nitrogens with one attached hydrogen (secondary N) is 1. The fraction of sp³-hybridized carbons (Fsp3) is 0.385. The van der Waals surface area contributed by atoms with Crippen molar-refractivity contribution in [3.05, 3.63) is 33.8 Å². The standard InChI is InChI=1S/C13H16Cl2N2O2/c1-7(2)5-9(12(18)17-13(16)19)8-3-4-10(14)11(15)6-8/h3-4,6-7,9H,5H2,1-2H3,(H3,16,17,18,19)/t9-/m1/s1. The average molecular weight is 303 g/mol. The van der Waals surface area contributed by atoms with E-state index in [2.05, 4.69) is 5.32 Å². The summed E-state index contributed by atoms with van der Waals surface area (Å²) in [6, 6.07) is 4.13. The summed E-state index contributed by atoms with van der Waals surface area (Å²) in [5.41, 5.74) is 5.69. The van der Waals surface area contributed by atoms with E-state index in [1.54, 1.807) is 18.2 Å². The molecule has 3 N–H and O–H groups in total. The minimum atomic E-state index is -0.862. The molecule has 1 rings (SSSR count). The van der Waals surface area contributed by atoms with Crippen LogP contribution in [0.2, 0.25) is 10.0 Å². The van der Waals surface area contributed by atoms with Crippen molar-refractivity contribution in [1.29, 1.82) is 0 Å². The summed E-state index contributed by atoms with van der Waals surface area (Å²) in [4.78, 5) is 22.8. The zero-order valence-corrected chi connectivity index (χ0v) is 12.3. The largest absolute Gasteiger partial charge is 0.351 e. The molecule has 0 radical (unpaired) electrons. The Kier molecular flexibility index (Phi) is 5.63. The molecule has 0 aliphatic rings. The van der Waals surface area contributed by atoms with Crippen LogP contribution in [0.25, 0.3) is 0 Å². The van der Waals surface area contributed by atoms with Crippen LogP contribution in [0.15, 0.2) is 18.2 Å². The maximum absolute atomic E-state index is 12.0. The average Bonchev–Trinajstić information content (AvgIpc) is 2.28. The summed E-state index contributed by atoms with van der Waals surface area (Å²) in [6.45, 7) is 3.98. The van der Waals surface area contributed by atoms with Crippen LogP contribution in [0.1, 0.15) is 31.7 Å². The zero-order chi connectivity index (χ0) is 14.6. The maximum atomic E-state index is 12.0. The molecule has 0 bridgehead atoms. The van der Waals surface area contributed by atoms with Crippen molar-refractivity contribution in [3.63, 3.8) is 0 Å². The second-order valence-corrected chi connectivity index (χ2v) is 5.52. The van der Waals surface area contributed by atoms with Gasteiger partial charge in [0, 0.05) is 0 Å². The third-order valence-corrected chi connectivity index (χ3v) is 3.36. The first kappa shape index (κ1) is 15.8. The Bertz CT molecular complexity index is 490. The summed E-state index contributed by atoms with van der Waals surface area (Å²) in [7, 11) is 0. The monoisotopic (exact) mass is 302 g/mol. The van der Waals surface area contributed by atoms with Crippen LogP contribution in [0.4, 0.5) is 4.79 Å². The smallest absolute Gasteiger partial charge is 0.318 e. The van der Waals surface area contributed by atoms with Gasteiger partial charge in [-0.3, -0.25) is 10.1 Å². The molecule has 3 amide bonds. The van der Waals surface area contributed by atoms with Crippen LogP contribution >= 0.6 is 23.2 Å². The molecule has 0 aliphatic heterocycles. The van der Waals surface area contributed by atoms with Gasteiger partial charge < -0.3 is 5.73 Å². The molecule has 0 saturated carbocycles. The van der Waals surface area contributed by atoms with Crippen LogP contribution in [0.5, 0.6) is 0 Å². The summed E-state index contributed by atoms with van der Waals surface area (Å²) >= 11 is 11.8. The Labute approximate surface area is 122 Å². The number of rotatable bonds is 4. The highest BCUT2D eigenvalue weighted by Crippen LogP contribution is 2.30. The molecule has 1 aromatic carbocycles. The van der Waals surface area contributed by atoms with Gasteiger partial charge in [0.1, 0.15) is 0 Å². The molecular formula is C13H16Cl2N2O2. The molecule has 0 aromatic heterocycles. The first-order valence-corrected chi connectivity index (χ1v) is 6.62. The Morgan fingerprint density at radius 1 is 1.26 bits per heavy atom. The number of hydrogen-bond acceptors (Lipinski definition) is 2. The third-order valence-electron chi connectivity index (χ3n) is 2.62. The lowest BCUT2D eigenvalue weighted by molar-refractivity contribution is -0.121. The highest BCUT2D eigenvalue weighted by Gasteiger charge is 2.23. The van der Waals surface area contributed by atoms with Crippen molar-refractivity contribution < 1.29 is 9.59 Å². The van der Waals surface area contributed by atoms with Gasteiger partial charge in [0.15, 0.2) is 0 Å². The van der Waals surface area contributed by atoms with Gasteiger partial charge in [-0.15, -0.1) is 0 Å². The number of hydrogen-bond donors (Lipinski definition) is 2. The summed E-state index contributed by atoms with van der Waals surface area (Å²) in [5, 5.41) is 2.90. The van der Waals surface area contributed by atoms with Crippen molar-refractivity contribution in [3.8, 4) is 0 Å². The Morgan fingerprint density at radius 2 is 1.89 bits per heavy atom. The minimum Gasteiger partial charge on any atom is -0.351 e. The quantitative estimate of drug-likeness (QED) is 0.895. The maximum Gasteiger partial charge on any atom is 0.318 e. The van der Waals surface area contributed by atoms with Gasteiger partial charge in [0.2, 0.25) is 5.91 Å². The second kappa shape index (κ2) is 6.78. The van der Waals surface area contributed by atoms with Gasteiger partial charge in [-0.2, -0.15) is 0 Å². The molecule has 6 heteroatoms. The normalized spacial score (nSPS) is 12.3. The molecule has 4 nitrogen and oxygen atoms in total. The summed E-state index contributed by atoms with van der Waals surface area (Å²) in [6.07, 6.45) is 0.580. The molecule has 19 heavy (non-hydrogen) atoms. The third kappa shape index (κ3) is 4.73. The van der Waals surface area contributed by atoms with Gasteiger partial charge in [-0.05, 0) is 30.0 Å². The highest BCUT2D eigenvalue weighted by atomic mass is 35.5. The van der Waals surface area contributed by atoms with Gasteiger partial charge in [-0.25, -0.2) is 4.79 Å². The number of nitrogens with two attached hydrogens (primary N) is 1. The summed E-state index contributed by atoms with van der Waals surface area (Å²) < 4.78 is 0. The van der Waals surface area contributed by atoms with Gasteiger partial charge in [-0.1, -0.05) is 43.1 Å². The first-order chi connectivity index (χ1) is 8.81. The number of urea groups is 1. The number of carbonyl (C=O) groups excluding carboxylic acids is 2. The number of amides is 3. The lowest BCUT2D eigenvalue weighted by Crippen LogP contribution is -2.38. The molecule has 0 heterocycles. The van der Waals surface area contributed by atoms with Crippen LogP contribution in [-0.4, -0.2) is 11.9 Å². The molecule has 1 aromatic rings. The van der Waals surface area contributed by atoms with Crippen LogP contribution < -0.4 is 11.1 Å². The van der Waals surface area contributed by atoms with Crippen LogP contribution in [0, 0.1) is 5.92 Å².